The first kappa shape index (κ1) is 24.1. The molecule has 0 saturated heterocycles. The van der Waals surface area contributed by atoms with E-state index in [0.717, 1.165) is 52.5 Å². The van der Waals surface area contributed by atoms with E-state index in [0.29, 0.717) is 23.2 Å². The molecule has 6 rings (SSSR count). The maximum absolute atomic E-state index is 13.1. The first-order valence-corrected chi connectivity index (χ1v) is 12.2. The van der Waals surface area contributed by atoms with E-state index in [-0.39, 0.29) is 11.7 Å². The number of rotatable bonds is 6. The second-order valence-electron chi connectivity index (χ2n) is 9.52. The van der Waals surface area contributed by atoms with Gasteiger partial charge in [0.1, 0.15) is 17.7 Å². The lowest BCUT2D eigenvalue weighted by molar-refractivity contribution is -0.140. The molecule has 0 radical (unpaired) electrons. The molecule has 1 atom stereocenters. The van der Waals surface area contributed by atoms with Crippen LogP contribution in [0.1, 0.15) is 54.1 Å². The predicted octanol–water partition coefficient (Wildman–Crippen LogP) is 5.87. The van der Waals surface area contributed by atoms with Crippen LogP contribution in [0.3, 0.4) is 0 Å². The topological polar surface area (TPSA) is 94.4 Å². The minimum absolute atomic E-state index is 0.0514. The van der Waals surface area contributed by atoms with E-state index in [1.807, 2.05) is 18.3 Å². The Labute approximate surface area is 216 Å². The van der Waals surface area contributed by atoms with Gasteiger partial charge in [-0.15, -0.1) is 0 Å². The van der Waals surface area contributed by atoms with Crippen LogP contribution in [0, 0.1) is 0 Å². The van der Waals surface area contributed by atoms with Gasteiger partial charge < -0.3 is 14.3 Å². The highest BCUT2D eigenvalue weighted by Crippen LogP contribution is 2.45. The Balaban J connectivity index is 1.35. The van der Waals surface area contributed by atoms with Crippen LogP contribution in [-0.4, -0.2) is 41.6 Å². The minimum Gasteiger partial charge on any atom is -0.480 e. The number of aromatic nitrogens is 7. The molecule has 1 fully saturated rings. The highest BCUT2D eigenvalue weighted by molar-refractivity contribution is 5.82. The van der Waals surface area contributed by atoms with Crippen molar-refractivity contribution in [2.24, 2.45) is 7.05 Å². The highest BCUT2D eigenvalue weighted by Gasteiger charge is 2.35. The van der Waals surface area contributed by atoms with Gasteiger partial charge in [0.2, 0.25) is 5.88 Å². The number of ether oxygens (including phenoxy) is 1. The third-order valence-electron chi connectivity index (χ3n) is 6.97. The summed E-state index contributed by atoms with van der Waals surface area (Å²) >= 11 is 0. The standard InChI is InChI=1S/C27H24F3N7O/c1-14(15-4-8-17(9-5-15)25-35-20(12-37(25)2)27(28,29)30)18-10-31-19-11-32-24(36-23(18)19)21-22(16-6-7-16)33-13-34-26(21)38-3/h4-5,8-14,16,31H,6-7H2,1-3H3/t14-/m1/s1. The molecule has 4 aromatic heterocycles. The largest absolute Gasteiger partial charge is 0.480 e. The summed E-state index contributed by atoms with van der Waals surface area (Å²) in [6.07, 6.45) is 3.81. The van der Waals surface area contributed by atoms with Crippen LogP contribution in [0.25, 0.3) is 33.8 Å². The van der Waals surface area contributed by atoms with Gasteiger partial charge in [0.05, 0.1) is 30.0 Å². The average molecular weight is 520 g/mol. The zero-order valence-corrected chi connectivity index (χ0v) is 20.9. The van der Waals surface area contributed by atoms with Gasteiger partial charge >= 0.3 is 6.18 Å². The van der Waals surface area contributed by atoms with Crippen molar-refractivity contribution >= 4 is 11.0 Å². The zero-order valence-electron chi connectivity index (χ0n) is 20.9. The van der Waals surface area contributed by atoms with Gasteiger partial charge in [0.15, 0.2) is 11.5 Å². The Morgan fingerprint density at radius 1 is 1.08 bits per heavy atom. The number of hydrogen-bond acceptors (Lipinski definition) is 6. The summed E-state index contributed by atoms with van der Waals surface area (Å²) < 4.78 is 46.2. The third kappa shape index (κ3) is 4.17. The summed E-state index contributed by atoms with van der Waals surface area (Å²) in [6, 6.07) is 7.39. The second-order valence-corrected chi connectivity index (χ2v) is 9.52. The molecule has 5 aromatic rings. The number of H-pyrrole nitrogens is 1. The third-order valence-corrected chi connectivity index (χ3v) is 6.97. The zero-order chi connectivity index (χ0) is 26.6. The Morgan fingerprint density at radius 3 is 2.50 bits per heavy atom. The first-order chi connectivity index (χ1) is 18.2. The van der Waals surface area contributed by atoms with E-state index in [9.17, 15) is 13.2 Å². The molecule has 194 valence electrons. The van der Waals surface area contributed by atoms with Crippen molar-refractivity contribution in [1.82, 2.24) is 34.5 Å². The molecule has 1 N–H and O–H groups in total. The molecule has 0 spiro atoms. The Kier molecular flexibility index (Phi) is 5.66. The van der Waals surface area contributed by atoms with Gasteiger partial charge in [-0.3, -0.25) is 0 Å². The van der Waals surface area contributed by atoms with Gasteiger partial charge in [-0.2, -0.15) is 13.2 Å². The number of nitrogens with one attached hydrogen (secondary N) is 1. The molecule has 0 unspecified atom stereocenters. The summed E-state index contributed by atoms with van der Waals surface area (Å²) in [5.41, 5.74) is 4.84. The lowest BCUT2D eigenvalue weighted by Gasteiger charge is -2.13. The number of halogens is 3. The fourth-order valence-corrected chi connectivity index (χ4v) is 4.77. The quantitative estimate of drug-likeness (QED) is 0.301. The number of aromatic amines is 1. The first-order valence-electron chi connectivity index (χ1n) is 12.2. The molecule has 0 amide bonds. The SMILES string of the molecule is COc1ncnc(C2CC2)c1-c1ncc2[nH]cc([C@H](C)c3ccc(-c4nc(C(F)(F)F)cn4C)cc3)c2n1. The van der Waals surface area contributed by atoms with Gasteiger partial charge in [-0.1, -0.05) is 31.2 Å². The van der Waals surface area contributed by atoms with Crippen molar-refractivity contribution in [3.8, 4) is 28.7 Å². The lowest BCUT2D eigenvalue weighted by atomic mass is 9.93. The van der Waals surface area contributed by atoms with Crippen molar-refractivity contribution in [1.29, 1.82) is 0 Å². The van der Waals surface area contributed by atoms with E-state index in [2.05, 4.69) is 31.8 Å². The summed E-state index contributed by atoms with van der Waals surface area (Å²) in [4.78, 5) is 25.3. The number of aryl methyl sites for hydroxylation is 1. The molecule has 1 aromatic carbocycles. The van der Waals surface area contributed by atoms with Crippen molar-refractivity contribution in [2.75, 3.05) is 7.11 Å². The van der Waals surface area contributed by atoms with Crippen LogP contribution in [0.5, 0.6) is 5.88 Å². The fourth-order valence-electron chi connectivity index (χ4n) is 4.77. The normalized spacial score (nSPS) is 14.7. The molecule has 0 aliphatic heterocycles. The number of benzene rings is 1. The number of nitrogens with zero attached hydrogens (tertiary/aromatic N) is 6. The fraction of sp³-hybridized carbons (Fsp3) is 0.296. The van der Waals surface area contributed by atoms with E-state index in [4.69, 9.17) is 9.72 Å². The van der Waals surface area contributed by atoms with E-state index < -0.39 is 11.9 Å². The Morgan fingerprint density at radius 2 is 1.84 bits per heavy atom. The van der Waals surface area contributed by atoms with Crippen LogP contribution >= 0.6 is 0 Å². The summed E-state index contributed by atoms with van der Waals surface area (Å²) in [5, 5.41) is 0. The number of imidazole rings is 1. The maximum Gasteiger partial charge on any atom is 0.434 e. The maximum atomic E-state index is 13.1. The van der Waals surface area contributed by atoms with E-state index >= 15 is 0 Å². The molecular formula is C27H24F3N7O. The highest BCUT2D eigenvalue weighted by atomic mass is 19.4. The average Bonchev–Trinajstić information content (AvgIpc) is 3.55. The molecule has 1 saturated carbocycles. The number of hydrogen-bond donors (Lipinski definition) is 1. The van der Waals surface area contributed by atoms with E-state index in [1.54, 1.807) is 32.5 Å². The minimum atomic E-state index is -4.49. The molecular weight excluding hydrogens is 495 g/mol. The Bertz CT molecular complexity index is 1640. The van der Waals surface area contributed by atoms with Gasteiger partial charge in [0, 0.05) is 42.4 Å². The van der Waals surface area contributed by atoms with Gasteiger partial charge in [0.25, 0.3) is 0 Å². The summed E-state index contributed by atoms with van der Waals surface area (Å²) in [6.45, 7) is 2.06. The smallest absolute Gasteiger partial charge is 0.434 e. The molecule has 38 heavy (non-hydrogen) atoms. The van der Waals surface area contributed by atoms with Crippen LogP contribution in [0.2, 0.25) is 0 Å². The van der Waals surface area contributed by atoms with Crippen LogP contribution in [0.15, 0.2) is 49.2 Å². The van der Waals surface area contributed by atoms with Crippen LogP contribution < -0.4 is 4.74 Å². The monoisotopic (exact) mass is 519 g/mol. The van der Waals surface area contributed by atoms with Crippen molar-refractivity contribution in [3.05, 3.63) is 71.7 Å². The number of alkyl halides is 3. The van der Waals surface area contributed by atoms with Crippen molar-refractivity contribution in [3.63, 3.8) is 0 Å². The van der Waals surface area contributed by atoms with Crippen molar-refractivity contribution in [2.45, 2.75) is 37.8 Å². The van der Waals surface area contributed by atoms with Crippen LogP contribution in [0.4, 0.5) is 13.2 Å². The molecule has 1 aliphatic carbocycles. The van der Waals surface area contributed by atoms with Gasteiger partial charge in [-0.25, -0.2) is 24.9 Å². The number of methoxy groups -OCH3 is 1. The van der Waals surface area contributed by atoms with E-state index in [1.165, 1.54) is 10.9 Å². The van der Waals surface area contributed by atoms with Gasteiger partial charge in [-0.05, 0) is 18.4 Å². The molecule has 8 nitrogen and oxygen atoms in total. The summed E-state index contributed by atoms with van der Waals surface area (Å²) in [5.74, 6) is 1.52. The lowest BCUT2D eigenvalue weighted by Crippen LogP contribution is -2.04. The molecule has 1 aliphatic rings. The summed E-state index contributed by atoms with van der Waals surface area (Å²) in [7, 11) is 3.13. The molecule has 0 bridgehead atoms. The number of fused-ring (bicyclic) bond motifs is 1. The second kappa shape index (κ2) is 8.93. The van der Waals surface area contributed by atoms with Crippen molar-refractivity contribution < 1.29 is 17.9 Å². The molecule has 4 heterocycles. The molecule has 11 heteroatoms. The predicted molar refractivity (Wildman–Crippen MR) is 135 cm³/mol. The Hall–Kier alpha value is -4.28. The van der Waals surface area contributed by atoms with Crippen LogP contribution in [-0.2, 0) is 13.2 Å².